The minimum atomic E-state index is -0.363. The maximum Gasteiger partial charge on any atom is 0.330 e. The van der Waals surface area contributed by atoms with E-state index < -0.39 is 0 Å². The van der Waals surface area contributed by atoms with Gasteiger partial charge in [0.05, 0.1) is 6.54 Å². The van der Waals surface area contributed by atoms with Crippen LogP contribution in [0.15, 0.2) is 15.8 Å². The van der Waals surface area contributed by atoms with Crippen molar-refractivity contribution in [1.82, 2.24) is 19.4 Å². The van der Waals surface area contributed by atoms with E-state index in [-0.39, 0.29) is 30.2 Å². The van der Waals surface area contributed by atoms with Gasteiger partial charge in [-0.2, -0.15) is 0 Å². The number of aromatic nitrogens is 2. The van der Waals surface area contributed by atoms with Gasteiger partial charge < -0.3 is 14.8 Å². The Labute approximate surface area is 117 Å². The first kappa shape index (κ1) is 16.2. The lowest BCUT2D eigenvalue weighted by Gasteiger charge is -2.18. The van der Waals surface area contributed by atoms with Crippen molar-refractivity contribution in [2.45, 2.75) is 20.4 Å². The van der Waals surface area contributed by atoms with Gasteiger partial charge in [-0.1, -0.05) is 0 Å². The van der Waals surface area contributed by atoms with Gasteiger partial charge in [0.2, 0.25) is 5.91 Å². The van der Waals surface area contributed by atoms with Gasteiger partial charge in [0, 0.05) is 45.5 Å². The largest absolute Gasteiger partial charge is 0.342 e. The maximum absolute atomic E-state index is 11.9. The number of carbonyl (C=O) groups excluding carboxylic acids is 1. The van der Waals surface area contributed by atoms with Crippen molar-refractivity contribution in [1.29, 1.82) is 0 Å². The summed E-state index contributed by atoms with van der Waals surface area (Å²) in [7, 11) is 3.03. The Bertz CT molecular complexity index is 584. The summed E-state index contributed by atoms with van der Waals surface area (Å²) < 4.78 is 2.41. The van der Waals surface area contributed by atoms with Crippen LogP contribution in [-0.2, 0) is 25.4 Å². The molecule has 0 bridgehead atoms. The molecule has 0 unspecified atom stereocenters. The van der Waals surface area contributed by atoms with Crippen molar-refractivity contribution in [2.24, 2.45) is 14.1 Å². The monoisotopic (exact) mass is 282 g/mol. The van der Waals surface area contributed by atoms with Crippen molar-refractivity contribution < 1.29 is 4.79 Å². The second-order valence-corrected chi connectivity index (χ2v) is 4.58. The Morgan fingerprint density at radius 1 is 1.25 bits per heavy atom. The predicted octanol–water partition coefficient (Wildman–Crippen LogP) is -0.958. The van der Waals surface area contributed by atoms with Crippen LogP contribution in [0.5, 0.6) is 0 Å². The molecule has 20 heavy (non-hydrogen) atoms. The zero-order valence-electron chi connectivity index (χ0n) is 12.5. The fraction of sp³-hybridized carbons (Fsp3) is 0.615. The zero-order chi connectivity index (χ0) is 15.3. The number of carbonyl (C=O) groups is 1. The molecule has 0 aliphatic heterocycles. The summed E-state index contributed by atoms with van der Waals surface area (Å²) in [4.78, 5) is 36.9. The van der Waals surface area contributed by atoms with Gasteiger partial charge in [-0.05, 0) is 13.8 Å². The molecule has 0 saturated carbocycles. The third kappa shape index (κ3) is 3.57. The summed E-state index contributed by atoms with van der Waals surface area (Å²) in [5.41, 5.74) is -0.240. The lowest BCUT2D eigenvalue weighted by molar-refractivity contribution is -0.129. The number of nitrogens with one attached hydrogen (secondary N) is 1. The quantitative estimate of drug-likeness (QED) is 0.729. The molecule has 112 valence electrons. The molecular weight excluding hydrogens is 260 g/mol. The number of hydrogen-bond donors (Lipinski definition) is 1. The third-order valence-corrected chi connectivity index (χ3v) is 3.23. The highest BCUT2D eigenvalue weighted by Crippen LogP contribution is 1.90. The van der Waals surface area contributed by atoms with Crippen LogP contribution >= 0.6 is 0 Å². The smallest absolute Gasteiger partial charge is 0.330 e. The molecule has 7 nitrogen and oxygen atoms in total. The highest BCUT2D eigenvalue weighted by atomic mass is 16.2. The highest BCUT2D eigenvalue weighted by Gasteiger charge is 2.10. The van der Waals surface area contributed by atoms with Crippen LogP contribution in [-0.4, -0.2) is 39.6 Å². The first-order valence-corrected chi connectivity index (χ1v) is 6.66. The Morgan fingerprint density at radius 3 is 2.40 bits per heavy atom. The first-order chi connectivity index (χ1) is 9.42. The summed E-state index contributed by atoms with van der Waals surface area (Å²) in [5, 5.41) is 2.95. The molecular formula is C13H22N4O3. The lowest BCUT2D eigenvalue weighted by atomic mass is 10.3. The number of rotatable bonds is 6. The zero-order valence-corrected chi connectivity index (χ0v) is 12.5. The summed E-state index contributed by atoms with van der Waals surface area (Å²) in [5.74, 6) is -0.00311. The summed E-state index contributed by atoms with van der Waals surface area (Å²) >= 11 is 0. The normalized spacial score (nSPS) is 10.6. The van der Waals surface area contributed by atoms with Crippen molar-refractivity contribution >= 4 is 5.91 Å². The third-order valence-electron chi connectivity index (χ3n) is 3.23. The molecule has 0 radical (unpaired) electrons. The molecule has 1 heterocycles. The maximum atomic E-state index is 11.9. The molecule has 1 rings (SSSR count). The average Bonchev–Trinajstić information content (AvgIpc) is 2.43. The molecule has 0 aliphatic rings. The number of nitrogens with zero attached hydrogens (tertiary/aromatic N) is 3. The van der Waals surface area contributed by atoms with Gasteiger partial charge in [0.15, 0.2) is 0 Å². The summed E-state index contributed by atoms with van der Waals surface area (Å²) in [6.45, 7) is 5.60. The Balaban J connectivity index is 2.71. The molecule has 0 atom stereocenters. The SMILES string of the molecule is CCN(CC)C(=O)CNCc1cn(C)c(=O)n(C)c1=O. The Hall–Kier alpha value is -1.89. The van der Waals surface area contributed by atoms with Crippen LogP contribution in [0.3, 0.4) is 0 Å². The molecule has 1 aromatic rings. The minimum Gasteiger partial charge on any atom is -0.342 e. The summed E-state index contributed by atoms with van der Waals surface area (Å²) in [6, 6.07) is 0. The van der Waals surface area contributed by atoms with E-state index in [2.05, 4.69) is 5.32 Å². The van der Waals surface area contributed by atoms with Gasteiger partial charge in [0.1, 0.15) is 0 Å². The Kier molecular flexibility index (Phi) is 5.69. The molecule has 1 aromatic heterocycles. The molecule has 0 spiro atoms. The van der Waals surface area contributed by atoms with Gasteiger partial charge in [0.25, 0.3) is 5.56 Å². The van der Waals surface area contributed by atoms with E-state index in [1.54, 1.807) is 11.9 Å². The first-order valence-electron chi connectivity index (χ1n) is 6.66. The van der Waals surface area contributed by atoms with Gasteiger partial charge >= 0.3 is 5.69 Å². The number of hydrogen-bond acceptors (Lipinski definition) is 4. The minimum absolute atomic E-state index is 0.00311. The van der Waals surface area contributed by atoms with Gasteiger partial charge in [-0.25, -0.2) is 4.79 Å². The molecule has 1 amide bonds. The molecule has 0 aromatic carbocycles. The number of aryl methyl sites for hydroxylation is 1. The van der Waals surface area contributed by atoms with Gasteiger partial charge in [-0.15, -0.1) is 0 Å². The van der Waals surface area contributed by atoms with Crippen LogP contribution in [0.2, 0.25) is 0 Å². The number of likely N-dealkylation sites (N-methyl/N-ethyl adjacent to an activating group) is 1. The molecule has 1 N–H and O–H groups in total. The predicted molar refractivity (Wildman–Crippen MR) is 76.6 cm³/mol. The second kappa shape index (κ2) is 7.04. The molecule has 7 heteroatoms. The molecule has 0 fully saturated rings. The standard InChI is InChI=1S/C13H22N4O3/c1-5-17(6-2)11(18)8-14-7-10-9-15(3)13(20)16(4)12(10)19/h9,14H,5-8H2,1-4H3. The van der Waals surface area contributed by atoms with Gasteiger partial charge in [-0.3, -0.25) is 14.2 Å². The van der Waals surface area contributed by atoms with Crippen molar-refractivity contribution in [3.8, 4) is 0 Å². The fourth-order valence-corrected chi connectivity index (χ4v) is 2.00. The van der Waals surface area contributed by atoms with E-state index in [9.17, 15) is 14.4 Å². The fourth-order valence-electron chi connectivity index (χ4n) is 2.00. The van der Waals surface area contributed by atoms with Crippen molar-refractivity contribution in [3.63, 3.8) is 0 Å². The van der Waals surface area contributed by atoms with E-state index in [0.29, 0.717) is 18.7 Å². The van der Waals surface area contributed by atoms with E-state index in [0.717, 1.165) is 4.57 Å². The van der Waals surface area contributed by atoms with E-state index in [1.807, 2.05) is 13.8 Å². The van der Waals surface area contributed by atoms with E-state index in [4.69, 9.17) is 0 Å². The Morgan fingerprint density at radius 2 is 1.85 bits per heavy atom. The number of amides is 1. The van der Waals surface area contributed by atoms with Crippen molar-refractivity contribution in [3.05, 3.63) is 32.6 Å². The van der Waals surface area contributed by atoms with E-state index in [1.165, 1.54) is 17.8 Å². The van der Waals surface area contributed by atoms with Crippen LogP contribution in [0, 0.1) is 0 Å². The van der Waals surface area contributed by atoms with Crippen LogP contribution in [0.25, 0.3) is 0 Å². The van der Waals surface area contributed by atoms with E-state index >= 15 is 0 Å². The van der Waals surface area contributed by atoms with Crippen LogP contribution in [0.1, 0.15) is 19.4 Å². The molecule has 0 saturated heterocycles. The molecule has 0 aliphatic carbocycles. The average molecular weight is 282 g/mol. The highest BCUT2D eigenvalue weighted by molar-refractivity contribution is 5.78. The van der Waals surface area contributed by atoms with Crippen LogP contribution in [0.4, 0.5) is 0 Å². The van der Waals surface area contributed by atoms with Crippen LogP contribution < -0.4 is 16.6 Å². The van der Waals surface area contributed by atoms with Crippen molar-refractivity contribution in [2.75, 3.05) is 19.6 Å². The topological polar surface area (TPSA) is 76.3 Å². The second-order valence-electron chi connectivity index (χ2n) is 4.58. The lowest BCUT2D eigenvalue weighted by Crippen LogP contribution is -2.41. The summed E-state index contributed by atoms with van der Waals surface area (Å²) in [6.07, 6.45) is 1.50.